The van der Waals surface area contributed by atoms with Gasteiger partial charge in [0.25, 0.3) is 0 Å². The van der Waals surface area contributed by atoms with E-state index in [-0.39, 0.29) is 17.9 Å². The summed E-state index contributed by atoms with van der Waals surface area (Å²) < 4.78 is 0. The lowest BCUT2D eigenvalue weighted by atomic mass is 9.73. The third kappa shape index (κ3) is 3.07. The predicted molar refractivity (Wildman–Crippen MR) is 85.8 cm³/mol. The third-order valence-corrected chi connectivity index (χ3v) is 4.49. The number of likely N-dealkylation sites (N-methyl/N-ethyl adjacent to an activating group) is 1. The smallest absolute Gasteiger partial charge is 0.405 e. The maximum atomic E-state index is 12.0. The molecule has 8 nitrogen and oxygen atoms in total. The molecule has 0 bridgehead atoms. The van der Waals surface area contributed by atoms with E-state index in [1.807, 2.05) is 6.92 Å². The zero-order valence-electron chi connectivity index (χ0n) is 13.5. The first-order valence-corrected chi connectivity index (χ1v) is 7.44. The zero-order chi connectivity index (χ0) is 17.2. The minimum Gasteiger partial charge on any atom is -0.465 e. The van der Waals surface area contributed by atoms with E-state index in [0.29, 0.717) is 24.3 Å². The minimum atomic E-state index is -1.17. The topological polar surface area (TPSA) is 121 Å². The van der Waals surface area contributed by atoms with Crippen LogP contribution >= 0.6 is 0 Å². The number of aromatic nitrogens is 1. The quantitative estimate of drug-likeness (QED) is 0.632. The van der Waals surface area contributed by atoms with Crippen LogP contribution in [-0.2, 0) is 10.3 Å². The summed E-state index contributed by atoms with van der Waals surface area (Å²) in [7, 11) is 1.69. The SMILES string of the molecule is CC(=O)N(C)[C@H]1[C@@H](C)CNC[C@]1(NC(=O)O)c1ccncc1N. The molecule has 3 atom stereocenters. The highest BCUT2D eigenvalue weighted by Crippen LogP contribution is 2.37. The first-order valence-electron chi connectivity index (χ1n) is 7.44. The summed E-state index contributed by atoms with van der Waals surface area (Å²) in [6.07, 6.45) is 1.89. The summed E-state index contributed by atoms with van der Waals surface area (Å²) >= 11 is 0. The van der Waals surface area contributed by atoms with Gasteiger partial charge in [-0.25, -0.2) is 4.79 Å². The van der Waals surface area contributed by atoms with Gasteiger partial charge in [-0.15, -0.1) is 0 Å². The molecule has 0 spiro atoms. The molecular weight excluding hydrogens is 298 g/mol. The van der Waals surface area contributed by atoms with Crippen molar-refractivity contribution in [3.63, 3.8) is 0 Å². The van der Waals surface area contributed by atoms with Crippen molar-refractivity contribution >= 4 is 17.7 Å². The molecule has 2 rings (SSSR count). The maximum Gasteiger partial charge on any atom is 0.405 e. The molecular formula is C15H23N5O3. The third-order valence-electron chi connectivity index (χ3n) is 4.49. The lowest BCUT2D eigenvalue weighted by Crippen LogP contribution is -2.70. The van der Waals surface area contributed by atoms with E-state index in [1.54, 1.807) is 24.2 Å². The van der Waals surface area contributed by atoms with Gasteiger partial charge in [-0.3, -0.25) is 9.78 Å². The Morgan fingerprint density at radius 1 is 1.57 bits per heavy atom. The number of nitrogens with zero attached hydrogens (tertiary/aromatic N) is 2. The van der Waals surface area contributed by atoms with E-state index < -0.39 is 11.6 Å². The second kappa shape index (κ2) is 6.41. The monoisotopic (exact) mass is 321 g/mol. The van der Waals surface area contributed by atoms with Crippen molar-refractivity contribution in [2.24, 2.45) is 5.92 Å². The van der Waals surface area contributed by atoms with Crippen molar-refractivity contribution in [1.82, 2.24) is 20.5 Å². The fourth-order valence-corrected chi connectivity index (χ4v) is 3.55. The van der Waals surface area contributed by atoms with Crippen LogP contribution in [0.3, 0.4) is 0 Å². The second-order valence-corrected chi connectivity index (χ2v) is 6.05. The van der Waals surface area contributed by atoms with Crippen molar-refractivity contribution < 1.29 is 14.7 Å². The number of nitrogens with one attached hydrogen (secondary N) is 2. The molecule has 1 aromatic rings. The van der Waals surface area contributed by atoms with E-state index >= 15 is 0 Å². The molecule has 8 heteroatoms. The van der Waals surface area contributed by atoms with Gasteiger partial charge >= 0.3 is 6.09 Å². The largest absolute Gasteiger partial charge is 0.465 e. The average molecular weight is 321 g/mol. The second-order valence-electron chi connectivity index (χ2n) is 6.05. The van der Waals surface area contributed by atoms with E-state index in [9.17, 15) is 14.7 Å². The molecule has 1 aromatic heterocycles. The van der Waals surface area contributed by atoms with Crippen molar-refractivity contribution in [1.29, 1.82) is 0 Å². The molecule has 0 saturated carbocycles. The number of pyridine rings is 1. The Labute approximate surface area is 135 Å². The first kappa shape index (κ1) is 17.0. The Morgan fingerprint density at radius 2 is 2.26 bits per heavy atom. The van der Waals surface area contributed by atoms with Gasteiger partial charge in [0.1, 0.15) is 5.54 Å². The van der Waals surface area contributed by atoms with Gasteiger partial charge in [-0.2, -0.15) is 0 Å². The average Bonchev–Trinajstić information content (AvgIpc) is 2.46. The molecule has 0 aromatic carbocycles. The molecule has 0 radical (unpaired) electrons. The normalized spacial score (nSPS) is 27.3. The lowest BCUT2D eigenvalue weighted by molar-refractivity contribution is -0.133. The molecule has 1 aliphatic rings. The highest BCUT2D eigenvalue weighted by Gasteiger charge is 2.50. The molecule has 1 fully saturated rings. The molecule has 5 N–H and O–H groups in total. The number of carbonyl (C=O) groups excluding carboxylic acids is 1. The Bertz CT molecular complexity index is 609. The van der Waals surface area contributed by atoms with Gasteiger partial charge < -0.3 is 26.4 Å². The Balaban J connectivity index is 2.64. The Kier molecular flexibility index (Phi) is 4.74. The van der Waals surface area contributed by atoms with Gasteiger partial charge in [0.05, 0.1) is 17.9 Å². The predicted octanol–water partition coefficient (Wildman–Crippen LogP) is 0.213. The van der Waals surface area contributed by atoms with E-state index in [0.717, 1.165) is 0 Å². The number of piperidine rings is 1. The van der Waals surface area contributed by atoms with Gasteiger partial charge in [-0.05, 0) is 18.5 Å². The summed E-state index contributed by atoms with van der Waals surface area (Å²) in [5, 5.41) is 15.3. The van der Waals surface area contributed by atoms with Crippen LogP contribution < -0.4 is 16.4 Å². The van der Waals surface area contributed by atoms with Crippen molar-refractivity contribution in [3.8, 4) is 0 Å². The van der Waals surface area contributed by atoms with E-state index in [2.05, 4.69) is 15.6 Å². The van der Waals surface area contributed by atoms with Gasteiger partial charge in [0, 0.05) is 32.3 Å². The van der Waals surface area contributed by atoms with Crippen LogP contribution in [-0.4, -0.2) is 53.2 Å². The molecule has 126 valence electrons. The van der Waals surface area contributed by atoms with E-state index in [4.69, 9.17) is 5.73 Å². The van der Waals surface area contributed by atoms with Crippen molar-refractivity contribution in [3.05, 3.63) is 24.0 Å². The summed E-state index contributed by atoms with van der Waals surface area (Å²) in [5.74, 6) is -0.106. The molecule has 2 heterocycles. The van der Waals surface area contributed by atoms with Crippen molar-refractivity contribution in [2.75, 3.05) is 25.9 Å². The fraction of sp³-hybridized carbons (Fsp3) is 0.533. The molecule has 0 aliphatic carbocycles. The highest BCUT2D eigenvalue weighted by molar-refractivity contribution is 5.74. The van der Waals surface area contributed by atoms with Gasteiger partial charge in [0.2, 0.25) is 5.91 Å². The van der Waals surface area contributed by atoms with E-state index in [1.165, 1.54) is 13.1 Å². The summed E-state index contributed by atoms with van der Waals surface area (Å²) in [4.78, 5) is 29.0. The van der Waals surface area contributed by atoms with Crippen LogP contribution in [0.4, 0.5) is 10.5 Å². The highest BCUT2D eigenvalue weighted by atomic mass is 16.4. The van der Waals surface area contributed by atoms with Crippen LogP contribution in [0, 0.1) is 5.92 Å². The summed E-state index contributed by atoms with van der Waals surface area (Å²) in [6.45, 7) is 4.46. The molecule has 2 amide bonds. The number of nitrogens with two attached hydrogens (primary N) is 1. The molecule has 1 saturated heterocycles. The van der Waals surface area contributed by atoms with Gasteiger partial charge in [0.15, 0.2) is 0 Å². The standard InChI is InChI=1S/C15H23N5O3/c1-9-6-18-8-15(19-14(22)23,13(9)20(3)10(2)21)11-4-5-17-7-12(11)16/h4-5,7,9,13,18-19H,6,8,16H2,1-3H3,(H,22,23)/t9-,13-,15-/m0/s1. The van der Waals surface area contributed by atoms with Crippen LogP contribution in [0.2, 0.25) is 0 Å². The lowest BCUT2D eigenvalue weighted by Gasteiger charge is -2.51. The Hall–Kier alpha value is -2.35. The number of hydrogen-bond acceptors (Lipinski definition) is 5. The van der Waals surface area contributed by atoms with Crippen LogP contribution in [0.15, 0.2) is 18.5 Å². The number of carbonyl (C=O) groups is 2. The van der Waals surface area contributed by atoms with Crippen LogP contribution in [0.5, 0.6) is 0 Å². The molecule has 0 unspecified atom stereocenters. The minimum absolute atomic E-state index is 0.0251. The van der Waals surface area contributed by atoms with Crippen LogP contribution in [0.1, 0.15) is 19.4 Å². The zero-order valence-corrected chi connectivity index (χ0v) is 13.5. The molecule has 1 aliphatic heterocycles. The van der Waals surface area contributed by atoms with Gasteiger partial charge in [-0.1, -0.05) is 6.92 Å². The molecule has 23 heavy (non-hydrogen) atoms. The summed E-state index contributed by atoms with van der Waals surface area (Å²) in [5.41, 5.74) is 6.03. The number of amides is 2. The summed E-state index contributed by atoms with van der Waals surface area (Å²) in [6, 6.07) is 1.33. The number of anilines is 1. The number of carboxylic acid groups (broad SMARTS) is 1. The van der Waals surface area contributed by atoms with Crippen molar-refractivity contribution in [2.45, 2.75) is 25.4 Å². The van der Waals surface area contributed by atoms with Crippen LogP contribution in [0.25, 0.3) is 0 Å². The maximum absolute atomic E-state index is 12.0. The fourth-order valence-electron chi connectivity index (χ4n) is 3.55. The Morgan fingerprint density at radius 3 is 2.83 bits per heavy atom. The first-order chi connectivity index (χ1) is 10.8. The number of nitrogen functional groups attached to an aromatic ring is 1. The number of rotatable bonds is 3. The number of hydrogen-bond donors (Lipinski definition) is 4.